The molecule has 0 aliphatic carbocycles. The first kappa shape index (κ1) is 12.1. The van der Waals surface area contributed by atoms with Gasteiger partial charge < -0.3 is 4.74 Å². The third-order valence-electron chi connectivity index (χ3n) is 2.75. The van der Waals surface area contributed by atoms with Gasteiger partial charge in [-0.1, -0.05) is 17.7 Å². The lowest BCUT2D eigenvalue weighted by Gasteiger charge is -2.10. The second-order valence-corrected chi connectivity index (χ2v) is 6.53. The fourth-order valence-electron chi connectivity index (χ4n) is 1.76. The molecule has 0 amide bonds. The largest absolute Gasteiger partial charge is 0.458 e. The van der Waals surface area contributed by atoms with E-state index in [0.29, 0.717) is 12.0 Å². The zero-order valence-corrected chi connectivity index (χ0v) is 10.4. The van der Waals surface area contributed by atoms with Crippen LogP contribution in [0.4, 0.5) is 0 Å². The maximum atomic E-state index is 11.7. The van der Waals surface area contributed by atoms with Gasteiger partial charge in [0.05, 0.1) is 17.1 Å². The Kier molecular flexibility index (Phi) is 3.19. The minimum absolute atomic E-state index is 0.0510. The number of sulfone groups is 1. The zero-order valence-electron chi connectivity index (χ0n) is 9.55. The number of esters is 1. The Morgan fingerprint density at radius 3 is 2.47 bits per heavy atom. The molecule has 1 aliphatic rings. The fraction of sp³-hybridized carbons (Fsp3) is 0.417. The summed E-state index contributed by atoms with van der Waals surface area (Å²) in [6.45, 7) is 1.93. The number of hydrogen-bond donors (Lipinski definition) is 0. The molecular formula is C12H14O4S. The van der Waals surface area contributed by atoms with Gasteiger partial charge in [-0.15, -0.1) is 0 Å². The third-order valence-corrected chi connectivity index (χ3v) is 4.49. The highest BCUT2D eigenvalue weighted by Crippen LogP contribution is 2.16. The zero-order chi connectivity index (χ0) is 12.5. The van der Waals surface area contributed by atoms with Crippen LogP contribution in [0.25, 0.3) is 0 Å². The van der Waals surface area contributed by atoms with Gasteiger partial charge in [-0.25, -0.2) is 13.2 Å². The Bertz CT molecular complexity index is 516. The lowest BCUT2D eigenvalue weighted by molar-refractivity contribution is 0.0356. The highest BCUT2D eigenvalue weighted by Gasteiger charge is 2.30. The van der Waals surface area contributed by atoms with E-state index in [-0.39, 0.29) is 11.5 Å². The molecular weight excluding hydrogens is 240 g/mol. The Morgan fingerprint density at radius 1 is 1.29 bits per heavy atom. The van der Waals surface area contributed by atoms with E-state index in [4.69, 9.17) is 4.74 Å². The van der Waals surface area contributed by atoms with Crippen LogP contribution in [0.3, 0.4) is 0 Å². The number of carbonyl (C=O) groups is 1. The Balaban J connectivity index is 2.01. The van der Waals surface area contributed by atoms with Gasteiger partial charge in [0.2, 0.25) is 0 Å². The maximum absolute atomic E-state index is 11.7. The molecule has 17 heavy (non-hydrogen) atoms. The van der Waals surface area contributed by atoms with Crippen LogP contribution < -0.4 is 0 Å². The number of rotatable bonds is 2. The van der Waals surface area contributed by atoms with Gasteiger partial charge in [0.25, 0.3) is 0 Å². The fourth-order valence-corrected chi connectivity index (χ4v) is 3.35. The summed E-state index contributed by atoms with van der Waals surface area (Å²) in [5, 5.41) is 0. The molecule has 0 spiro atoms. The monoisotopic (exact) mass is 254 g/mol. The van der Waals surface area contributed by atoms with Crippen LogP contribution in [-0.2, 0) is 14.6 Å². The van der Waals surface area contributed by atoms with Crippen molar-refractivity contribution < 1.29 is 17.9 Å². The Morgan fingerprint density at radius 2 is 1.94 bits per heavy atom. The topological polar surface area (TPSA) is 60.4 Å². The van der Waals surface area contributed by atoms with E-state index >= 15 is 0 Å². The standard InChI is InChI=1S/C12H14O4S/c1-9-2-4-10(5-3-9)12(13)16-11-6-7-17(14,15)8-11/h2-5,11H,6-8H2,1H3/t11-/m0/s1. The van der Waals surface area contributed by atoms with E-state index in [1.165, 1.54) is 0 Å². The van der Waals surface area contributed by atoms with Crippen LogP contribution in [0.1, 0.15) is 22.3 Å². The van der Waals surface area contributed by atoms with Crippen molar-refractivity contribution in [2.75, 3.05) is 11.5 Å². The van der Waals surface area contributed by atoms with Crippen LogP contribution in [0.2, 0.25) is 0 Å². The molecule has 1 heterocycles. The molecule has 0 bridgehead atoms. The van der Waals surface area contributed by atoms with Crippen molar-refractivity contribution in [3.8, 4) is 0 Å². The average molecular weight is 254 g/mol. The van der Waals surface area contributed by atoms with E-state index in [9.17, 15) is 13.2 Å². The first-order chi connectivity index (χ1) is 7.96. The van der Waals surface area contributed by atoms with Crippen LogP contribution in [0, 0.1) is 6.92 Å². The molecule has 1 fully saturated rings. The molecule has 0 aromatic heterocycles. The summed E-state index contributed by atoms with van der Waals surface area (Å²) < 4.78 is 27.6. The number of hydrogen-bond acceptors (Lipinski definition) is 4. The second kappa shape index (κ2) is 4.49. The summed E-state index contributed by atoms with van der Waals surface area (Å²) in [4.78, 5) is 11.7. The molecule has 0 N–H and O–H groups in total. The van der Waals surface area contributed by atoms with Crippen molar-refractivity contribution >= 4 is 15.8 Å². The Hall–Kier alpha value is -1.36. The van der Waals surface area contributed by atoms with Crippen LogP contribution in [0.15, 0.2) is 24.3 Å². The molecule has 0 radical (unpaired) electrons. The minimum Gasteiger partial charge on any atom is -0.458 e. The van der Waals surface area contributed by atoms with Gasteiger partial charge in [0.1, 0.15) is 6.10 Å². The molecule has 1 atom stereocenters. The average Bonchev–Trinajstić information content (AvgIpc) is 2.59. The van der Waals surface area contributed by atoms with E-state index in [2.05, 4.69) is 0 Å². The smallest absolute Gasteiger partial charge is 0.338 e. The second-order valence-electron chi connectivity index (χ2n) is 4.30. The van der Waals surface area contributed by atoms with Gasteiger partial charge in [-0.05, 0) is 25.5 Å². The normalized spacial score (nSPS) is 22.3. The molecule has 5 heteroatoms. The molecule has 1 aliphatic heterocycles. The lowest BCUT2D eigenvalue weighted by Crippen LogP contribution is -2.19. The molecule has 2 rings (SSSR count). The number of ether oxygens (including phenoxy) is 1. The SMILES string of the molecule is Cc1ccc(C(=O)O[C@H]2CCS(=O)(=O)C2)cc1. The van der Waals surface area contributed by atoms with E-state index in [1.807, 2.05) is 19.1 Å². The summed E-state index contributed by atoms with van der Waals surface area (Å²) >= 11 is 0. The quantitative estimate of drug-likeness (QED) is 0.747. The van der Waals surface area contributed by atoms with Crippen LogP contribution in [-0.4, -0.2) is 32.0 Å². The molecule has 1 aromatic rings. The van der Waals surface area contributed by atoms with Gasteiger partial charge in [0.15, 0.2) is 9.84 Å². The van der Waals surface area contributed by atoms with Gasteiger partial charge in [0, 0.05) is 0 Å². The van der Waals surface area contributed by atoms with E-state index in [0.717, 1.165) is 5.56 Å². The number of carbonyl (C=O) groups excluding carboxylic acids is 1. The molecule has 0 unspecified atom stereocenters. The minimum atomic E-state index is -3.01. The molecule has 1 aromatic carbocycles. The molecule has 0 saturated carbocycles. The predicted molar refractivity (Wildman–Crippen MR) is 63.7 cm³/mol. The van der Waals surface area contributed by atoms with Crippen molar-refractivity contribution in [2.24, 2.45) is 0 Å². The highest BCUT2D eigenvalue weighted by atomic mass is 32.2. The third kappa shape index (κ3) is 3.06. The van der Waals surface area contributed by atoms with Crippen LogP contribution >= 0.6 is 0 Å². The predicted octanol–water partition coefficient (Wildman–Crippen LogP) is 1.34. The summed E-state index contributed by atoms with van der Waals surface area (Å²) in [5.74, 6) is -0.393. The summed E-state index contributed by atoms with van der Waals surface area (Å²) in [6.07, 6.45) is -0.0891. The summed E-state index contributed by atoms with van der Waals surface area (Å²) in [5.41, 5.74) is 1.52. The van der Waals surface area contributed by atoms with Crippen molar-refractivity contribution in [3.05, 3.63) is 35.4 Å². The van der Waals surface area contributed by atoms with Gasteiger partial charge in [-0.3, -0.25) is 0 Å². The van der Waals surface area contributed by atoms with Crippen molar-refractivity contribution in [2.45, 2.75) is 19.4 Å². The van der Waals surface area contributed by atoms with Crippen LogP contribution in [0.5, 0.6) is 0 Å². The molecule has 4 nitrogen and oxygen atoms in total. The highest BCUT2D eigenvalue weighted by molar-refractivity contribution is 7.91. The summed E-state index contributed by atoms with van der Waals surface area (Å²) in [7, 11) is -3.01. The Labute approximate surface area is 101 Å². The van der Waals surface area contributed by atoms with Crippen molar-refractivity contribution in [3.63, 3.8) is 0 Å². The van der Waals surface area contributed by atoms with Crippen molar-refractivity contribution in [1.29, 1.82) is 0 Å². The van der Waals surface area contributed by atoms with E-state index < -0.39 is 21.9 Å². The van der Waals surface area contributed by atoms with Crippen molar-refractivity contribution in [1.82, 2.24) is 0 Å². The first-order valence-electron chi connectivity index (χ1n) is 5.44. The molecule has 92 valence electrons. The molecule has 1 saturated heterocycles. The number of aryl methyl sites for hydroxylation is 1. The lowest BCUT2D eigenvalue weighted by atomic mass is 10.1. The maximum Gasteiger partial charge on any atom is 0.338 e. The van der Waals surface area contributed by atoms with E-state index in [1.54, 1.807) is 12.1 Å². The van der Waals surface area contributed by atoms with Gasteiger partial charge >= 0.3 is 5.97 Å². The summed E-state index contributed by atoms with van der Waals surface area (Å²) in [6, 6.07) is 7.01. The first-order valence-corrected chi connectivity index (χ1v) is 7.26. The van der Waals surface area contributed by atoms with Gasteiger partial charge in [-0.2, -0.15) is 0 Å². The number of benzene rings is 1.